The molecule has 154 valence electrons. The predicted octanol–water partition coefficient (Wildman–Crippen LogP) is 4.90. The van der Waals surface area contributed by atoms with Gasteiger partial charge in [-0.2, -0.15) is 0 Å². The fraction of sp³-hybridized carbons (Fsp3) is 0.417. The van der Waals surface area contributed by atoms with Crippen molar-refractivity contribution in [1.82, 2.24) is 14.9 Å². The lowest BCUT2D eigenvalue weighted by Crippen LogP contribution is -2.37. The lowest BCUT2D eigenvalue weighted by Gasteiger charge is -2.22. The minimum absolute atomic E-state index is 0.0101. The van der Waals surface area contributed by atoms with E-state index in [2.05, 4.69) is 35.0 Å². The fourth-order valence-electron chi connectivity index (χ4n) is 3.21. The number of amides is 1. The molecule has 2 aromatic carbocycles. The molecular formula is C24H31N3O2. The molecule has 29 heavy (non-hydrogen) atoms. The van der Waals surface area contributed by atoms with Crippen LogP contribution in [0.4, 0.5) is 0 Å². The number of carbonyl (C=O) groups excluding carboxylic acids is 1. The van der Waals surface area contributed by atoms with Crippen molar-refractivity contribution < 1.29 is 9.53 Å². The van der Waals surface area contributed by atoms with Gasteiger partial charge in [0.15, 0.2) is 0 Å². The van der Waals surface area contributed by atoms with Crippen LogP contribution in [0.15, 0.2) is 48.5 Å². The van der Waals surface area contributed by atoms with Gasteiger partial charge in [0.1, 0.15) is 18.2 Å². The Hall–Kier alpha value is -2.82. The number of nitrogens with zero attached hydrogens (tertiary/aromatic N) is 2. The molecule has 0 radical (unpaired) electrons. The SMILES string of the molecule is CCc1ccc(OCCn2c(C(C)NC(=O)C(C)(C)C)nc3ccccc32)cc1. The van der Waals surface area contributed by atoms with Gasteiger partial charge in [0, 0.05) is 5.41 Å². The fourth-order valence-corrected chi connectivity index (χ4v) is 3.21. The van der Waals surface area contributed by atoms with E-state index < -0.39 is 5.41 Å². The van der Waals surface area contributed by atoms with Crippen molar-refractivity contribution in [2.24, 2.45) is 5.41 Å². The molecule has 0 spiro atoms. The van der Waals surface area contributed by atoms with E-state index in [1.807, 2.05) is 58.0 Å². The van der Waals surface area contributed by atoms with Crippen LogP contribution in [-0.4, -0.2) is 22.1 Å². The smallest absolute Gasteiger partial charge is 0.225 e. The Kier molecular flexibility index (Phi) is 6.26. The molecule has 0 aliphatic heterocycles. The van der Waals surface area contributed by atoms with Gasteiger partial charge in [-0.3, -0.25) is 4.79 Å². The van der Waals surface area contributed by atoms with Gasteiger partial charge in [0.2, 0.25) is 5.91 Å². The summed E-state index contributed by atoms with van der Waals surface area (Å²) in [5, 5.41) is 3.10. The van der Waals surface area contributed by atoms with Crippen LogP contribution < -0.4 is 10.1 Å². The Morgan fingerprint density at radius 2 is 1.83 bits per heavy atom. The number of para-hydroxylation sites is 2. The molecule has 0 fully saturated rings. The third-order valence-corrected chi connectivity index (χ3v) is 5.02. The number of carbonyl (C=O) groups is 1. The maximum Gasteiger partial charge on any atom is 0.225 e. The van der Waals surface area contributed by atoms with E-state index in [0.29, 0.717) is 13.2 Å². The van der Waals surface area contributed by atoms with Gasteiger partial charge < -0.3 is 14.6 Å². The molecule has 3 rings (SSSR count). The number of imidazole rings is 1. The predicted molar refractivity (Wildman–Crippen MR) is 117 cm³/mol. The highest BCUT2D eigenvalue weighted by atomic mass is 16.5. The van der Waals surface area contributed by atoms with E-state index in [9.17, 15) is 4.79 Å². The van der Waals surface area contributed by atoms with Crippen molar-refractivity contribution in [3.05, 3.63) is 59.9 Å². The number of hydrogen-bond acceptors (Lipinski definition) is 3. The molecule has 1 atom stereocenters. The number of aromatic nitrogens is 2. The Bertz CT molecular complexity index is 968. The van der Waals surface area contributed by atoms with E-state index >= 15 is 0 Å². The summed E-state index contributed by atoms with van der Waals surface area (Å²) in [6, 6.07) is 16.1. The molecule has 3 aromatic rings. The number of ether oxygens (including phenoxy) is 1. The Balaban J connectivity index is 1.78. The average Bonchev–Trinajstić information content (AvgIpc) is 3.06. The van der Waals surface area contributed by atoms with Gasteiger partial charge in [-0.15, -0.1) is 0 Å². The van der Waals surface area contributed by atoms with E-state index in [0.717, 1.165) is 29.0 Å². The number of rotatable bonds is 7. The summed E-state index contributed by atoms with van der Waals surface area (Å²) in [5.74, 6) is 1.71. The van der Waals surface area contributed by atoms with Crippen molar-refractivity contribution in [3.63, 3.8) is 0 Å². The minimum Gasteiger partial charge on any atom is -0.492 e. The molecular weight excluding hydrogens is 362 g/mol. The molecule has 0 aliphatic carbocycles. The Labute approximate surface area is 173 Å². The van der Waals surface area contributed by atoms with Crippen LogP contribution in [0.25, 0.3) is 11.0 Å². The number of benzene rings is 2. The summed E-state index contributed by atoms with van der Waals surface area (Å²) in [4.78, 5) is 17.2. The summed E-state index contributed by atoms with van der Waals surface area (Å²) < 4.78 is 8.10. The highest BCUT2D eigenvalue weighted by Gasteiger charge is 2.25. The molecule has 1 unspecified atom stereocenters. The standard InChI is InChI=1S/C24H31N3O2/c1-6-18-11-13-19(14-12-18)29-16-15-27-21-10-8-7-9-20(21)26-22(27)17(2)25-23(28)24(3,4)5/h7-14,17H,6,15-16H2,1-5H3,(H,25,28). The summed E-state index contributed by atoms with van der Waals surface area (Å²) >= 11 is 0. The van der Waals surface area contributed by atoms with Crippen LogP contribution >= 0.6 is 0 Å². The molecule has 1 aromatic heterocycles. The monoisotopic (exact) mass is 393 g/mol. The quantitative estimate of drug-likeness (QED) is 0.621. The second-order valence-corrected chi connectivity index (χ2v) is 8.40. The summed E-state index contributed by atoms with van der Waals surface area (Å²) in [6.45, 7) is 11.0. The van der Waals surface area contributed by atoms with Crippen LogP contribution in [0, 0.1) is 5.41 Å². The Morgan fingerprint density at radius 3 is 2.48 bits per heavy atom. The van der Waals surface area contributed by atoms with E-state index in [1.54, 1.807) is 0 Å². The largest absolute Gasteiger partial charge is 0.492 e. The lowest BCUT2D eigenvalue weighted by molar-refractivity contribution is -0.129. The second-order valence-electron chi connectivity index (χ2n) is 8.40. The summed E-state index contributed by atoms with van der Waals surface area (Å²) in [5.41, 5.74) is 2.82. The van der Waals surface area contributed by atoms with E-state index in [4.69, 9.17) is 9.72 Å². The molecule has 0 bridgehead atoms. The van der Waals surface area contributed by atoms with Gasteiger partial charge in [0.25, 0.3) is 0 Å². The van der Waals surface area contributed by atoms with Crippen molar-refractivity contribution >= 4 is 16.9 Å². The summed E-state index contributed by atoms with van der Waals surface area (Å²) in [7, 11) is 0. The number of hydrogen-bond donors (Lipinski definition) is 1. The molecule has 0 aliphatic rings. The first kappa shape index (κ1) is 20.9. The number of aryl methyl sites for hydroxylation is 1. The van der Waals surface area contributed by atoms with E-state index in [-0.39, 0.29) is 11.9 Å². The number of fused-ring (bicyclic) bond motifs is 1. The zero-order valence-corrected chi connectivity index (χ0v) is 18.0. The van der Waals surface area contributed by atoms with Crippen molar-refractivity contribution in [2.75, 3.05) is 6.61 Å². The normalized spacial score (nSPS) is 12.7. The van der Waals surface area contributed by atoms with Crippen molar-refractivity contribution in [1.29, 1.82) is 0 Å². The van der Waals surface area contributed by atoms with Crippen LogP contribution in [0.3, 0.4) is 0 Å². The van der Waals surface area contributed by atoms with Gasteiger partial charge in [-0.05, 0) is 43.2 Å². The average molecular weight is 394 g/mol. The highest BCUT2D eigenvalue weighted by molar-refractivity contribution is 5.82. The third kappa shape index (κ3) is 4.97. The molecule has 1 heterocycles. The van der Waals surface area contributed by atoms with Gasteiger partial charge in [0.05, 0.1) is 23.6 Å². The molecule has 1 N–H and O–H groups in total. The zero-order chi connectivity index (χ0) is 21.0. The summed E-state index contributed by atoms with van der Waals surface area (Å²) in [6.07, 6.45) is 1.02. The number of nitrogens with one attached hydrogen (secondary N) is 1. The first-order valence-electron chi connectivity index (χ1n) is 10.3. The molecule has 5 nitrogen and oxygen atoms in total. The van der Waals surface area contributed by atoms with Gasteiger partial charge in [-0.25, -0.2) is 4.98 Å². The topological polar surface area (TPSA) is 56.1 Å². The second kappa shape index (κ2) is 8.68. The van der Waals surface area contributed by atoms with Gasteiger partial charge >= 0.3 is 0 Å². The van der Waals surface area contributed by atoms with Gasteiger partial charge in [-0.1, -0.05) is 52.0 Å². The minimum atomic E-state index is -0.446. The first-order chi connectivity index (χ1) is 13.8. The molecule has 0 saturated heterocycles. The zero-order valence-electron chi connectivity index (χ0n) is 18.0. The maximum absolute atomic E-state index is 12.5. The van der Waals surface area contributed by atoms with Crippen LogP contribution in [-0.2, 0) is 17.8 Å². The molecule has 0 saturated carbocycles. The highest BCUT2D eigenvalue weighted by Crippen LogP contribution is 2.23. The molecule has 5 heteroatoms. The van der Waals surface area contributed by atoms with Crippen LogP contribution in [0.5, 0.6) is 5.75 Å². The van der Waals surface area contributed by atoms with Crippen LogP contribution in [0.2, 0.25) is 0 Å². The Morgan fingerprint density at radius 1 is 1.14 bits per heavy atom. The first-order valence-corrected chi connectivity index (χ1v) is 10.3. The lowest BCUT2D eigenvalue weighted by atomic mass is 9.95. The van der Waals surface area contributed by atoms with Crippen molar-refractivity contribution in [2.45, 2.75) is 53.6 Å². The maximum atomic E-state index is 12.5. The molecule has 1 amide bonds. The van der Waals surface area contributed by atoms with E-state index in [1.165, 1.54) is 5.56 Å². The third-order valence-electron chi connectivity index (χ3n) is 5.02. The van der Waals surface area contributed by atoms with Crippen LogP contribution in [0.1, 0.15) is 52.0 Å². The van der Waals surface area contributed by atoms with Crippen molar-refractivity contribution in [3.8, 4) is 5.75 Å².